The minimum Gasteiger partial charge on any atom is -0.491 e. The van der Waals surface area contributed by atoms with Gasteiger partial charge in [0.05, 0.1) is 23.4 Å². The number of aromatic nitrogens is 3. The van der Waals surface area contributed by atoms with E-state index >= 15 is 0 Å². The van der Waals surface area contributed by atoms with Crippen LogP contribution in [0.25, 0.3) is 5.69 Å². The van der Waals surface area contributed by atoms with Crippen molar-refractivity contribution in [3.05, 3.63) is 99.2 Å². The number of halogens is 2. The van der Waals surface area contributed by atoms with Crippen molar-refractivity contribution in [3.63, 3.8) is 0 Å². The van der Waals surface area contributed by atoms with Gasteiger partial charge in [0, 0.05) is 54.6 Å². The van der Waals surface area contributed by atoms with E-state index in [1.54, 1.807) is 21.6 Å². The van der Waals surface area contributed by atoms with Crippen LogP contribution in [-0.2, 0) is 15.3 Å². The first kappa shape index (κ1) is 32.4. The summed E-state index contributed by atoms with van der Waals surface area (Å²) in [5.41, 5.74) is 3.82. The largest absolute Gasteiger partial charge is 0.491 e. The van der Waals surface area contributed by atoms with Crippen LogP contribution in [0.2, 0.25) is 10.0 Å². The van der Waals surface area contributed by atoms with E-state index in [4.69, 9.17) is 37.4 Å². The van der Waals surface area contributed by atoms with Crippen molar-refractivity contribution in [2.45, 2.75) is 58.0 Å². The minimum absolute atomic E-state index is 0.0721. The number of hydrogen-bond acceptors (Lipinski definition) is 7. The predicted molar refractivity (Wildman–Crippen MR) is 183 cm³/mol. The highest BCUT2D eigenvalue weighted by atomic mass is 35.5. The molecule has 6 rings (SSSR count). The van der Waals surface area contributed by atoms with E-state index in [0.717, 1.165) is 61.7 Å². The molecule has 0 amide bonds. The van der Waals surface area contributed by atoms with Crippen LogP contribution in [0.5, 0.6) is 5.75 Å². The second kappa shape index (κ2) is 14.1. The van der Waals surface area contributed by atoms with Crippen LogP contribution in [0.1, 0.15) is 51.6 Å². The van der Waals surface area contributed by atoms with E-state index in [1.807, 2.05) is 43.3 Å². The molecule has 2 fully saturated rings. The maximum absolute atomic E-state index is 12.8. The van der Waals surface area contributed by atoms with Crippen LogP contribution in [0.4, 0.5) is 11.4 Å². The molecule has 9 nitrogen and oxygen atoms in total. The highest BCUT2D eigenvalue weighted by Crippen LogP contribution is 2.42. The van der Waals surface area contributed by atoms with Crippen molar-refractivity contribution in [1.82, 2.24) is 14.3 Å². The molecular weight excluding hydrogens is 625 g/mol. The molecule has 0 spiro atoms. The van der Waals surface area contributed by atoms with Gasteiger partial charge in [-0.25, -0.2) is 14.0 Å². The third kappa shape index (κ3) is 6.79. The number of benzene rings is 3. The van der Waals surface area contributed by atoms with Gasteiger partial charge in [-0.05, 0) is 74.0 Å². The topological polar surface area (TPSA) is 74.0 Å². The second-order valence-electron chi connectivity index (χ2n) is 12.0. The summed E-state index contributed by atoms with van der Waals surface area (Å²) in [6.45, 7) is 10.6. The number of piperazine rings is 1. The summed E-state index contributed by atoms with van der Waals surface area (Å²) in [5, 5.41) is 5.42. The lowest BCUT2D eigenvalue weighted by Gasteiger charge is -2.37. The smallest absolute Gasteiger partial charge is 0.350 e. The van der Waals surface area contributed by atoms with Crippen molar-refractivity contribution < 1.29 is 14.2 Å². The highest BCUT2D eigenvalue weighted by molar-refractivity contribution is 6.35. The summed E-state index contributed by atoms with van der Waals surface area (Å²) in [6, 6.07) is 21.9. The van der Waals surface area contributed by atoms with Gasteiger partial charge in [-0.3, -0.25) is 0 Å². The summed E-state index contributed by atoms with van der Waals surface area (Å²) < 4.78 is 21.9. The van der Waals surface area contributed by atoms with Gasteiger partial charge < -0.3 is 24.0 Å². The molecule has 2 saturated heterocycles. The highest BCUT2D eigenvalue weighted by Gasteiger charge is 2.44. The van der Waals surface area contributed by atoms with Crippen LogP contribution >= 0.6 is 23.2 Å². The number of anilines is 2. The fourth-order valence-corrected chi connectivity index (χ4v) is 6.69. The molecule has 3 aromatic carbocycles. The summed E-state index contributed by atoms with van der Waals surface area (Å²) >= 11 is 12.6. The van der Waals surface area contributed by atoms with E-state index in [9.17, 15) is 4.79 Å². The van der Waals surface area contributed by atoms with Gasteiger partial charge in [0.25, 0.3) is 0 Å². The van der Waals surface area contributed by atoms with E-state index in [0.29, 0.717) is 29.7 Å². The average molecular weight is 667 g/mol. The summed E-state index contributed by atoms with van der Waals surface area (Å²) in [7, 11) is 0. The lowest BCUT2D eigenvalue weighted by atomic mass is 10.0. The fourth-order valence-electron chi connectivity index (χ4n) is 6.14. The molecule has 0 radical (unpaired) electrons. The van der Waals surface area contributed by atoms with Crippen molar-refractivity contribution in [3.8, 4) is 11.4 Å². The van der Waals surface area contributed by atoms with Crippen LogP contribution in [0.15, 0.2) is 77.9 Å². The molecule has 0 aliphatic carbocycles. The molecule has 0 saturated carbocycles. The molecule has 2 aliphatic rings. The number of hydrogen-bond donors (Lipinski definition) is 0. The Balaban J connectivity index is 1.00. The Morgan fingerprint density at radius 2 is 1.57 bits per heavy atom. The summed E-state index contributed by atoms with van der Waals surface area (Å²) in [5.74, 6) is -0.104. The van der Waals surface area contributed by atoms with Crippen molar-refractivity contribution in [2.24, 2.45) is 0 Å². The molecule has 11 heteroatoms. The Morgan fingerprint density at radius 3 is 2.17 bits per heavy atom. The van der Waals surface area contributed by atoms with Gasteiger partial charge in [-0.2, -0.15) is 5.10 Å². The first-order chi connectivity index (χ1) is 22.3. The molecule has 0 N–H and O–H groups in total. The van der Waals surface area contributed by atoms with E-state index in [2.05, 4.69) is 53.0 Å². The first-order valence-electron chi connectivity index (χ1n) is 16.1. The summed E-state index contributed by atoms with van der Waals surface area (Å²) in [4.78, 5) is 17.5. The van der Waals surface area contributed by atoms with Crippen molar-refractivity contribution >= 4 is 34.6 Å². The monoisotopic (exact) mass is 665 g/mol. The van der Waals surface area contributed by atoms with Crippen molar-refractivity contribution in [2.75, 3.05) is 49.2 Å². The van der Waals surface area contributed by atoms with Crippen LogP contribution in [0, 0.1) is 0 Å². The predicted octanol–water partition coefficient (Wildman–Crippen LogP) is 7.09. The van der Waals surface area contributed by atoms with Gasteiger partial charge in [-0.1, -0.05) is 49.5 Å². The maximum Gasteiger partial charge on any atom is 0.350 e. The standard InChI is InChI=1S/C35H41Cl2N5O4/c1-4-16-35(32-15-6-26(36)21-33(32)37)45-23-31(46-35)22-44-30-13-11-28(12-14-30)40-19-17-39(18-20-40)27-7-9-29(10-8-27)41-24-38-42(34(41)43)25(3)5-2/h6-15,21,24-25,31H,4-5,16-20,22-23H2,1-3H3/t25?,31?,35-/m0/s1. The first-order valence-corrected chi connectivity index (χ1v) is 16.8. The van der Waals surface area contributed by atoms with Gasteiger partial charge in [0.1, 0.15) is 24.8 Å². The summed E-state index contributed by atoms with van der Waals surface area (Å²) in [6.07, 6.45) is 3.80. The Labute approximate surface area is 280 Å². The zero-order chi connectivity index (χ0) is 32.3. The van der Waals surface area contributed by atoms with Gasteiger partial charge in [-0.15, -0.1) is 0 Å². The maximum atomic E-state index is 12.8. The second-order valence-corrected chi connectivity index (χ2v) is 12.8. The lowest BCUT2D eigenvalue weighted by Crippen LogP contribution is -2.46. The number of ether oxygens (including phenoxy) is 3. The van der Waals surface area contributed by atoms with Crippen LogP contribution < -0.4 is 20.2 Å². The van der Waals surface area contributed by atoms with E-state index in [-0.39, 0.29) is 17.8 Å². The zero-order valence-electron chi connectivity index (χ0n) is 26.6. The molecule has 4 aromatic rings. The van der Waals surface area contributed by atoms with E-state index in [1.165, 1.54) is 5.69 Å². The molecule has 46 heavy (non-hydrogen) atoms. The molecule has 3 heterocycles. The average Bonchev–Trinajstić information content (AvgIpc) is 3.67. The minimum atomic E-state index is -0.894. The third-order valence-corrected chi connectivity index (χ3v) is 9.44. The third-order valence-electron chi connectivity index (χ3n) is 8.89. The quantitative estimate of drug-likeness (QED) is 0.169. The van der Waals surface area contributed by atoms with Crippen LogP contribution in [0.3, 0.4) is 0 Å². The van der Waals surface area contributed by atoms with Gasteiger partial charge in [0.2, 0.25) is 0 Å². The Bertz CT molecular complexity index is 1670. The van der Waals surface area contributed by atoms with E-state index < -0.39 is 5.79 Å². The molecular formula is C35H41Cl2N5O4. The van der Waals surface area contributed by atoms with Gasteiger partial charge >= 0.3 is 5.69 Å². The Hall–Kier alpha value is -3.50. The van der Waals surface area contributed by atoms with Gasteiger partial charge in [0.15, 0.2) is 5.79 Å². The molecule has 1 aromatic heterocycles. The number of nitrogens with zero attached hydrogens (tertiary/aromatic N) is 5. The molecule has 3 atom stereocenters. The molecule has 244 valence electrons. The van der Waals surface area contributed by atoms with Crippen molar-refractivity contribution in [1.29, 1.82) is 0 Å². The molecule has 2 aliphatic heterocycles. The van der Waals surface area contributed by atoms with Crippen LogP contribution in [-0.4, -0.2) is 59.8 Å². The lowest BCUT2D eigenvalue weighted by molar-refractivity contribution is -0.184. The molecule has 0 bridgehead atoms. The fraction of sp³-hybridized carbons (Fsp3) is 0.429. The normalized spacial score (nSPS) is 20.7. The molecule has 2 unspecified atom stereocenters. The number of rotatable bonds is 11. The zero-order valence-corrected chi connectivity index (χ0v) is 28.1. The Morgan fingerprint density at radius 1 is 0.935 bits per heavy atom. The Kier molecular flexibility index (Phi) is 9.94. The SMILES string of the molecule is CCC[C@]1(c2ccc(Cl)cc2Cl)OCC(COc2ccc(N3CCN(c4ccc(-n5cnn(C(C)CC)c5=O)cc4)CC3)cc2)O1.